The number of hydrogen-bond acceptors (Lipinski definition) is 9. The lowest BCUT2D eigenvalue weighted by Gasteiger charge is -2.32. The minimum absolute atomic E-state index is 0.0955. The first kappa shape index (κ1) is 33.7. The molecule has 10 nitrogen and oxygen atoms in total. The average Bonchev–Trinajstić information content (AvgIpc) is 3.65. The summed E-state index contributed by atoms with van der Waals surface area (Å²) in [6.45, 7) is 13.6. The molecule has 11 heteroatoms. The molecule has 4 heterocycles. The van der Waals surface area contributed by atoms with Gasteiger partial charge in [0.05, 0.1) is 40.8 Å². The maximum Gasteiger partial charge on any atom is 0.293 e. The quantitative estimate of drug-likeness (QED) is 0.182. The number of nitrogens with zero attached hydrogens (tertiary/aromatic N) is 4. The molecule has 1 saturated heterocycles. The number of carbonyl (C=O) groups is 2. The second kappa shape index (κ2) is 14.4. The molecule has 1 aromatic carbocycles. The first-order valence-corrected chi connectivity index (χ1v) is 16.9. The smallest absolute Gasteiger partial charge is 0.293 e. The van der Waals surface area contributed by atoms with Gasteiger partial charge in [0.15, 0.2) is 0 Å². The lowest BCUT2D eigenvalue weighted by atomic mass is 9.84. The van der Waals surface area contributed by atoms with Gasteiger partial charge in [-0.05, 0) is 62.4 Å². The molecule has 1 fully saturated rings. The van der Waals surface area contributed by atoms with Gasteiger partial charge in [-0.1, -0.05) is 26.8 Å². The van der Waals surface area contributed by atoms with Gasteiger partial charge >= 0.3 is 0 Å². The van der Waals surface area contributed by atoms with Crippen LogP contribution in [-0.4, -0.2) is 64.8 Å². The van der Waals surface area contributed by atoms with Crippen LogP contribution in [0.5, 0.6) is 0 Å². The molecule has 0 spiro atoms. The Balaban J connectivity index is 1.54. The summed E-state index contributed by atoms with van der Waals surface area (Å²) >= 11 is 1.52. The number of aromatic nitrogens is 3. The van der Waals surface area contributed by atoms with Gasteiger partial charge in [-0.3, -0.25) is 19.6 Å². The summed E-state index contributed by atoms with van der Waals surface area (Å²) in [7, 11) is 1.70. The van der Waals surface area contributed by atoms with Crippen LogP contribution in [0, 0.1) is 11.3 Å². The second-order valence-electron chi connectivity index (χ2n) is 13.0. The molecule has 3 N–H and O–H groups in total. The number of benzene rings is 1. The Morgan fingerprint density at radius 3 is 2.80 bits per heavy atom. The standard InChI is InChI=1S/C35H46N6O4S/c1-7-40-30-11-10-24(29-19-46-31(39-29)16-28(36)34(43)41-14-12-22(2)18-38-41)15-26(30)27(17-35(4,5)20-45-21-42)33(40)25-9-8-13-37-32(25)23(3)44-6/h8-11,13,15,19,21-23,28,38H,7,12,14,16-18,20,36H2,1-6H3/t22-,23-,28-/m0/s1. The van der Waals surface area contributed by atoms with Crippen LogP contribution >= 0.6 is 11.3 Å². The number of nitrogens with two attached hydrogens (primary N) is 1. The first-order valence-electron chi connectivity index (χ1n) is 16.0. The predicted molar refractivity (Wildman–Crippen MR) is 182 cm³/mol. The number of thiazole rings is 1. The summed E-state index contributed by atoms with van der Waals surface area (Å²) in [4.78, 5) is 33.8. The van der Waals surface area contributed by atoms with E-state index in [0.717, 1.165) is 69.2 Å². The number of aryl methyl sites for hydroxylation is 1. The summed E-state index contributed by atoms with van der Waals surface area (Å²) in [5, 5.41) is 5.63. The summed E-state index contributed by atoms with van der Waals surface area (Å²) in [6, 6.07) is 9.87. The van der Waals surface area contributed by atoms with Crippen molar-refractivity contribution in [3.8, 4) is 22.5 Å². The van der Waals surface area contributed by atoms with Gasteiger partial charge in [0.1, 0.15) is 0 Å². The highest BCUT2D eigenvalue weighted by atomic mass is 32.1. The van der Waals surface area contributed by atoms with Crippen molar-refractivity contribution in [1.29, 1.82) is 0 Å². The van der Waals surface area contributed by atoms with Crippen molar-refractivity contribution in [3.05, 3.63) is 58.2 Å². The van der Waals surface area contributed by atoms with E-state index in [-0.39, 0.29) is 17.4 Å². The van der Waals surface area contributed by atoms with Crippen LogP contribution in [0.2, 0.25) is 0 Å². The highest BCUT2D eigenvalue weighted by Gasteiger charge is 2.29. The van der Waals surface area contributed by atoms with E-state index in [9.17, 15) is 9.59 Å². The van der Waals surface area contributed by atoms with Gasteiger partial charge in [-0.15, -0.1) is 11.3 Å². The summed E-state index contributed by atoms with van der Waals surface area (Å²) in [6.07, 6.45) is 3.62. The van der Waals surface area contributed by atoms with Crippen LogP contribution in [0.3, 0.4) is 0 Å². The summed E-state index contributed by atoms with van der Waals surface area (Å²) in [5.41, 5.74) is 16.3. The third-order valence-corrected chi connectivity index (χ3v) is 9.69. The minimum atomic E-state index is -0.658. The van der Waals surface area contributed by atoms with Crippen molar-refractivity contribution >= 4 is 34.6 Å². The number of nitrogens with one attached hydrogen (secondary N) is 1. The van der Waals surface area contributed by atoms with Crippen molar-refractivity contribution in [2.75, 3.05) is 26.8 Å². The topological polar surface area (TPSA) is 125 Å². The highest BCUT2D eigenvalue weighted by molar-refractivity contribution is 7.10. The number of amides is 1. The maximum atomic E-state index is 13.0. The molecule has 3 aromatic heterocycles. The fourth-order valence-electron chi connectivity index (χ4n) is 6.24. The fraction of sp³-hybridized carbons (Fsp3) is 0.486. The van der Waals surface area contributed by atoms with Gasteiger partial charge in [0.25, 0.3) is 12.4 Å². The number of ether oxygens (including phenoxy) is 2. The molecule has 0 bridgehead atoms. The van der Waals surface area contributed by atoms with E-state index in [4.69, 9.17) is 25.2 Å². The Kier molecular flexibility index (Phi) is 10.6. The van der Waals surface area contributed by atoms with Gasteiger partial charge in [0.2, 0.25) is 0 Å². The van der Waals surface area contributed by atoms with Crippen LogP contribution < -0.4 is 11.2 Å². The summed E-state index contributed by atoms with van der Waals surface area (Å²) < 4.78 is 13.3. The van der Waals surface area contributed by atoms with Gasteiger partial charge in [0, 0.05) is 72.2 Å². The van der Waals surface area contributed by atoms with Crippen LogP contribution in [0.15, 0.2) is 41.9 Å². The van der Waals surface area contributed by atoms with Crippen molar-refractivity contribution in [3.63, 3.8) is 0 Å². The fourth-order valence-corrected chi connectivity index (χ4v) is 7.10. The number of pyridine rings is 1. The molecule has 0 aliphatic carbocycles. The van der Waals surface area contributed by atoms with E-state index in [1.165, 1.54) is 11.3 Å². The Morgan fingerprint density at radius 2 is 2.11 bits per heavy atom. The largest absolute Gasteiger partial charge is 0.467 e. The third-order valence-electron chi connectivity index (χ3n) is 8.82. The predicted octanol–water partition coefficient (Wildman–Crippen LogP) is 5.54. The molecular formula is C35H46N6O4S. The van der Waals surface area contributed by atoms with Crippen molar-refractivity contribution in [2.24, 2.45) is 17.1 Å². The second-order valence-corrected chi connectivity index (χ2v) is 14.0. The van der Waals surface area contributed by atoms with Crippen LogP contribution in [-0.2, 0) is 38.4 Å². The summed E-state index contributed by atoms with van der Waals surface area (Å²) in [5.74, 6) is 0.447. The van der Waals surface area contributed by atoms with Gasteiger partial charge < -0.3 is 19.8 Å². The molecule has 246 valence electrons. The van der Waals surface area contributed by atoms with Crippen LogP contribution in [0.4, 0.5) is 0 Å². The molecule has 0 radical (unpaired) electrons. The Bertz CT molecular complexity index is 1670. The number of hydrogen-bond donors (Lipinski definition) is 2. The number of rotatable bonds is 13. The maximum absolute atomic E-state index is 13.0. The van der Waals surface area contributed by atoms with Gasteiger partial charge in [-0.2, -0.15) is 0 Å². The molecule has 1 aliphatic heterocycles. The number of carbonyl (C=O) groups excluding carboxylic acids is 2. The zero-order valence-corrected chi connectivity index (χ0v) is 28.5. The van der Waals surface area contributed by atoms with Crippen molar-refractivity contribution in [2.45, 2.75) is 72.6 Å². The Morgan fingerprint density at radius 1 is 1.30 bits per heavy atom. The number of methoxy groups -OCH3 is 1. The minimum Gasteiger partial charge on any atom is -0.467 e. The van der Waals surface area contributed by atoms with E-state index in [1.807, 2.05) is 18.4 Å². The van der Waals surface area contributed by atoms with E-state index in [1.54, 1.807) is 18.3 Å². The molecular weight excluding hydrogens is 600 g/mol. The van der Waals surface area contributed by atoms with Gasteiger partial charge in [-0.25, -0.2) is 10.4 Å². The SMILES string of the molecule is CCn1c(-c2cccnc2[C@H](C)OC)c(CC(C)(C)COC=O)c2cc(-c3csc(C[C@H](N)C(=O)N4CC[C@H](C)CN4)n3)ccc21. The average molecular weight is 647 g/mol. The normalized spacial score (nSPS) is 16.8. The zero-order valence-electron chi connectivity index (χ0n) is 27.7. The van der Waals surface area contributed by atoms with E-state index < -0.39 is 6.04 Å². The molecule has 0 unspecified atom stereocenters. The molecule has 0 saturated carbocycles. The number of hydrazine groups is 1. The Hall–Kier alpha value is -3.64. The molecule has 5 rings (SSSR count). The molecule has 1 amide bonds. The molecule has 3 atom stereocenters. The molecule has 46 heavy (non-hydrogen) atoms. The van der Waals surface area contributed by atoms with E-state index in [0.29, 0.717) is 38.4 Å². The Labute approximate surface area is 275 Å². The van der Waals surface area contributed by atoms with E-state index in [2.05, 4.69) is 62.0 Å². The monoisotopic (exact) mass is 646 g/mol. The zero-order chi connectivity index (χ0) is 33.0. The van der Waals surface area contributed by atoms with E-state index >= 15 is 0 Å². The highest BCUT2D eigenvalue weighted by Crippen LogP contribution is 2.41. The lowest BCUT2D eigenvalue weighted by Crippen LogP contribution is -2.55. The molecule has 1 aliphatic rings. The third kappa shape index (κ3) is 7.17. The number of fused-ring (bicyclic) bond motifs is 1. The van der Waals surface area contributed by atoms with Crippen LogP contribution in [0.25, 0.3) is 33.4 Å². The molecule has 4 aromatic rings. The van der Waals surface area contributed by atoms with Crippen molar-refractivity contribution < 1.29 is 19.1 Å². The lowest BCUT2D eigenvalue weighted by molar-refractivity contribution is -0.137. The van der Waals surface area contributed by atoms with Crippen LogP contribution in [0.1, 0.15) is 63.4 Å². The first-order chi connectivity index (χ1) is 22.1. The van der Waals surface area contributed by atoms with Crippen molar-refractivity contribution in [1.82, 2.24) is 25.0 Å².